The molecule has 1 aliphatic heterocycles. The molecule has 1 saturated heterocycles. The molecule has 0 bridgehead atoms. The zero-order valence-corrected chi connectivity index (χ0v) is 13.5. The van der Waals surface area contributed by atoms with Gasteiger partial charge >= 0.3 is 0 Å². The van der Waals surface area contributed by atoms with E-state index in [4.69, 9.17) is 4.52 Å². The van der Waals surface area contributed by atoms with Crippen molar-refractivity contribution in [2.45, 2.75) is 44.6 Å². The summed E-state index contributed by atoms with van der Waals surface area (Å²) < 4.78 is 7.00. The van der Waals surface area contributed by atoms with Gasteiger partial charge in [0.15, 0.2) is 5.82 Å². The Balaban J connectivity index is 1.47. The summed E-state index contributed by atoms with van der Waals surface area (Å²) in [5.41, 5.74) is 1.16. The summed E-state index contributed by atoms with van der Waals surface area (Å²) in [6.45, 7) is 2.77. The Morgan fingerprint density at radius 2 is 2.35 bits per heavy atom. The van der Waals surface area contributed by atoms with Crippen molar-refractivity contribution >= 4 is 5.91 Å². The third-order valence-corrected chi connectivity index (χ3v) is 4.88. The summed E-state index contributed by atoms with van der Waals surface area (Å²) in [5, 5.41) is 8.27. The fourth-order valence-corrected chi connectivity index (χ4v) is 3.53. The molecule has 0 unspecified atom stereocenters. The summed E-state index contributed by atoms with van der Waals surface area (Å²) in [6, 6.07) is -0.0262. The molecule has 1 amide bonds. The molecule has 0 aromatic carbocycles. The van der Waals surface area contributed by atoms with E-state index in [1.807, 2.05) is 31.3 Å². The summed E-state index contributed by atoms with van der Waals surface area (Å²) in [4.78, 5) is 19.2. The Labute approximate surface area is 134 Å². The van der Waals surface area contributed by atoms with Crippen molar-refractivity contribution < 1.29 is 9.32 Å². The largest absolute Gasteiger partial charge is 0.339 e. The molecule has 1 saturated carbocycles. The summed E-state index contributed by atoms with van der Waals surface area (Å²) >= 11 is 0. The van der Waals surface area contributed by atoms with Gasteiger partial charge < -0.3 is 9.42 Å². The topological polar surface area (TPSA) is 77.1 Å². The molecule has 2 aromatic rings. The van der Waals surface area contributed by atoms with Crippen LogP contribution in [0.25, 0.3) is 0 Å². The van der Waals surface area contributed by atoms with Crippen molar-refractivity contribution in [3.05, 3.63) is 29.7 Å². The number of hydrogen-bond donors (Lipinski definition) is 0. The lowest BCUT2D eigenvalue weighted by Gasteiger charge is -2.22. The fraction of sp³-hybridized carbons (Fsp3) is 0.625. The maximum atomic E-state index is 12.9. The van der Waals surface area contributed by atoms with Gasteiger partial charge in [-0.25, -0.2) is 0 Å². The van der Waals surface area contributed by atoms with Crippen LogP contribution in [-0.4, -0.2) is 37.3 Å². The number of amides is 1. The molecular formula is C16H21N5O2. The van der Waals surface area contributed by atoms with Crippen molar-refractivity contribution in [2.24, 2.45) is 13.0 Å². The summed E-state index contributed by atoms with van der Waals surface area (Å²) in [6.07, 6.45) is 7.42. The molecule has 3 heterocycles. The molecule has 3 atom stereocenters. The molecule has 2 fully saturated rings. The average molecular weight is 315 g/mol. The van der Waals surface area contributed by atoms with E-state index < -0.39 is 0 Å². The molecule has 0 N–H and O–H groups in total. The minimum atomic E-state index is -0.0262. The Bertz CT molecular complexity index is 722. The van der Waals surface area contributed by atoms with Crippen LogP contribution in [0.4, 0.5) is 0 Å². The highest BCUT2D eigenvalue weighted by atomic mass is 16.5. The molecule has 2 aromatic heterocycles. The highest BCUT2D eigenvalue weighted by Gasteiger charge is 2.48. The van der Waals surface area contributed by atoms with E-state index in [1.165, 1.54) is 0 Å². The van der Waals surface area contributed by atoms with Crippen molar-refractivity contribution in [2.75, 3.05) is 6.54 Å². The monoisotopic (exact) mass is 315 g/mol. The average Bonchev–Trinajstić information content (AvgIpc) is 2.96. The predicted molar refractivity (Wildman–Crippen MR) is 81.4 cm³/mol. The zero-order valence-electron chi connectivity index (χ0n) is 13.5. The first-order valence-corrected chi connectivity index (χ1v) is 8.29. The summed E-state index contributed by atoms with van der Waals surface area (Å²) in [5.74, 6) is 1.92. The van der Waals surface area contributed by atoms with Crippen LogP contribution in [0.1, 0.15) is 55.4 Å². The second-order valence-electron chi connectivity index (χ2n) is 6.49. The number of rotatable bonds is 4. The first kappa shape index (κ1) is 14.4. The van der Waals surface area contributed by atoms with Crippen molar-refractivity contribution in [3.63, 3.8) is 0 Å². The molecule has 23 heavy (non-hydrogen) atoms. The highest BCUT2D eigenvalue weighted by Crippen LogP contribution is 2.49. The fourth-order valence-electron chi connectivity index (χ4n) is 3.53. The van der Waals surface area contributed by atoms with Gasteiger partial charge in [0.2, 0.25) is 11.8 Å². The maximum Gasteiger partial charge on any atom is 0.226 e. The van der Waals surface area contributed by atoms with Crippen LogP contribution in [0.2, 0.25) is 0 Å². The van der Waals surface area contributed by atoms with Crippen LogP contribution in [0, 0.1) is 5.92 Å². The molecule has 1 aliphatic carbocycles. The second kappa shape index (κ2) is 5.47. The smallest absolute Gasteiger partial charge is 0.226 e. The van der Waals surface area contributed by atoms with Crippen LogP contribution in [0.3, 0.4) is 0 Å². The van der Waals surface area contributed by atoms with Crippen LogP contribution in [-0.2, 0) is 18.3 Å². The van der Waals surface area contributed by atoms with Crippen molar-refractivity contribution in [1.82, 2.24) is 24.8 Å². The first-order valence-electron chi connectivity index (χ1n) is 8.29. The van der Waals surface area contributed by atoms with Gasteiger partial charge in [0.25, 0.3) is 0 Å². The van der Waals surface area contributed by atoms with Gasteiger partial charge in [0, 0.05) is 32.1 Å². The molecule has 7 heteroatoms. The number of nitrogens with zero attached hydrogens (tertiary/aromatic N) is 5. The van der Waals surface area contributed by atoms with Gasteiger partial charge in [0.1, 0.15) is 0 Å². The highest BCUT2D eigenvalue weighted by molar-refractivity contribution is 5.83. The van der Waals surface area contributed by atoms with Crippen molar-refractivity contribution in [1.29, 1.82) is 0 Å². The van der Waals surface area contributed by atoms with E-state index in [0.29, 0.717) is 17.6 Å². The third-order valence-electron chi connectivity index (χ3n) is 4.88. The first-order chi connectivity index (χ1) is 11.2. The lowest BCUT2D eigenvalue weighted by atomic mass is 10.1. The van der Waals surface area contributed by atoms with Gasteiger partial charge in [0.05, 0.1) is 12.2 Å². The molecule has 2 aliphatic rings. The van der Waals surface area contributed by atoms with Crippen LogP contribution in [0.5, 0.6) is 0 Å². The van der Waals surface area contributed by atoms with E-state index in [0.717, 1.165) is 37.8 Å². The summed E-state index contributed by atoms with van der Waals surface area (Å²) in [7, 11) is 1.90. The number of aromatic nitrogens is 4. The maximum absolute atomic E-state index is 12.9. The lowest BCUT2D eigenvalue weighted by molar-refractivity contribution is -0.133. The number of carbonyl (C=O) groups is 1. The van der Waals surface area contributed by atoms with Crippen molar-refractivity contribution in [3.8, 4) is 0 Å². The number of carbonyl (C=O) groups excluding carboxylic acids is 1. The van der Waals surface area contributed by atoms with E-state index in [-0.39, 0.29) is 17.9 Å². The normalized spacial score (nSPS) is 26.7. The van der Waals surface area contributed by atoms with Gasteiger partial charge in [-0.05, 0) is 30.7 Å². The van der Waals surface area contributed by atoms with Crippen LogP contribution >= 0.6 is 0 Å². The number of aryl methyl sites for hydroxylation is 2. The Morgan fingerprint density at radius 3 is 3.04 bits per heavy atom. The quantitative estimate of drug-likeness (QED) is 0.860. The molecular weight excluding hydrogens is 294 g/mol. The molecule has 4 rings (SSSR count). The Hall–Kier alpha value is -2.18. The van der Waals surface area contributed by atoms with Gasteiger partial charge in [-0.1, -0.05) is 12.1 Å². The molecule has 0 spiro atoms. The van der Waals surface area contributed by atoms with E-state index in [9.17, 15) is 4.79 Å². The van der Waals surface area contributed by atoms with Crippen LogP contribution < -0.4 is 0 Å². The lowest BCUT2D eigenvalue weighted by Crippen LogP contribution is -2.32. The van der Waals surface area contributed by atoms with E-state index in [1.54, 1.807) is 4.68 Å². The Morgan fingerprint density at radius 1 is 1.48 bits per heavy atom. The second-order valence-corrected chi connectivity index (χ2v) is 6.49. The zero-order chi connectivity index (χ0) is 16.0. The van der Waals surface area contributed by atoms with Gasteiger partial charge in [-0.3, -0.25) is 9.48 Å². The number of hydrogen-bond acceptors (Lipinski definition) is 5. The third kappa shape index (κ3) is 2.54. The number of likely N-dealkylation sites (tertiary alicyclic amines) is 1. The predicted octanol–water partition coefficient (Wildman–Crippen LogP) is 1.83. The molecule has 7 nitrogen and oxygen atoms in total. The standard InChI is InChI=1S/C16H21N5O2/c1-3-14-18-15(19-23-14)13-5-4-6-21(13)16(22)12-7-11(12)10-8-17-20(2)9-10/h8-9,11-13H,3-7H2,1-2H3/t11-,12-,13-/m0/s1. The van der Waals surface area contributed by atoms with Gasteiger partial charge in [-0.2, -0.15) is 10.1 Å². The van der Waals surface area contributed by atoms with Gasteiger partial charge in [-0.15, -0.1) is 0 Å². The SMILES string of the molecule is CCc1nc([C@@H]2CCCN2C(=O)[C@H]2C[C@H]2c2cnn(C)c2)no1. The minimum Gasteiger partial charge on any atom is -0.339 e. The van der Waals surface area contributed by atoms with E-state index >= 15 is 0 Å². The Kier molecular flexibility index (Phi) is 3.43. The molecule has 122 valence electrons. The minimum absolute atomic E-state index is 0.0262. The van der Waals surface area contributed by atoms with E-state index in [2.05, 4.69) is 15.2 Å². The van der Waals surface area contributed by atoms with Crippen LogP contribution in [0.15, 0.2) is 16.9 Å². The molecule has 0 radical (unpaired) electrons.